The summed E-state index contributed by atoms with van der Waals surface area (Å²) in [6, 6.07) is 5.74. The summed E-state index contributed by atoms with van der Waals surface area (Å²) >= 11 is 0. The summed E-state index contributed by atoms with van der Waals surface area (Å²) in [6.07, 6.45) is 1.89. The van der Waals surface area contributed by atoms with Gasteiger partial charge in [-0.2, -0.15) is 0 Å². The van der Waals surface area contributed by atoms with Gasteiger partial charge in [-0.3, -0.25) is 0 Å². The molecule has 0 fully saturated rings. The molecule has 0 unspecified atom stereocenters. The first-order chi connectivity index (χ1) is 6.36. The van der Waals surface area contributed by atoms with Gasteiger partial charge in [-0.15, -0.1) is 0 Å². The van der Waals surface area contributed by atoms with Crippen molar-refractivity contribution in [2.75, 3.05) is 0 Å². The molecule has 0 aliphatic rings. The van der Waals surface area contributed by atoms with Gasteiger partial charge in [0, 0.05) is 6.20 Å². The van der Waals surface area contributed by atoms with Crippen LogP contribution in [0.2, 0.25) is 0 Å². The van der Waals surface area contributed by atoms with E-state index in [0.717, 1.165) is 11.3 Å². The molecule has 0 radical (unpaired) electrons. The number of pyridine rings is 1. The Morgan fingerprint density at radius 1 is 1.46 bits per heavy atom. The Bertz CT molecular complexity index is 384. The van der Waals surface area contributed by atoms with Gasteiger partial charge in [-0.25, -0.2) is 4.98 Å². The molecular weight excluding hydrogens is 166 g/mol. The number of aliphatic hydroxyl groups excluding tert-OH is 1. The molecule has 0 aliphatic heterocycles. The summed E-state index contributed by atoms with van der Waals surface area (Å²) in [4.78, 5) is 4.21. The number of nitrogens with zero attached hydrogens (tertiary/aromatic N) is 2. The predicted octanol–water partition coefficient (Wildman–Crippen LogP) is 0.285. The van der Waals surface area contributed by atoms with Crippen LogP contribution in [0, 0.1) is 0 Å². The van der Waals surface area contributed by atoms with Crippen LogP contribution in [0.4, 0.5) is 0 Å². The van der Waals surface area contributed by atoms with Crippen molar-refractivity contribution in [3.63, 3.8) is 0 Å². The molecule has 2 rings (SSSR count). The van der Waals surface area contributed by atoms with Gasteiger partial charge in [0.1, 0.15) is 5.82 Å². The van der Waals surface area contributed by atoms with E-state index >= 15 is 0 Å². The molecule has 4 heteroatoms. The third-order valence-electron chi connectivity index (χ3n) is 2.03. The Hall–Kier alpha value is -1.39. The molecule has 0 saturated heterocycles. The van der Waals surface area contributed by atoms with Crippen LogP contribution in [-0.2, 0) is 13.2 Å². The molecular formula is C9H11N3O. The zero-order chi connectivity index (χ0) is 9.26. The van der Waals surface area contributed by atoms with Crippen LogP contribution in [0.5, 0.6) is 0 Å². The summed E-state index contributed by atoms with van der Waals surface area (Å²) in [5.41, 5.74) is 7.12. The molecule has 3 N–H and O–H groups in total. The third-order valence-corrected chi connectivity index (χ3v) is 2.03. The lowest BCUT2D eigenvalue weighted by molar-refractivity contribution is 0.279. The monoisotopic (exact) mass is 177 g/mol. The number of rotatable bonds is 2. The largest absolute Gasteiger partial charge is 0.390 e. The van der Waals surface area contributed by atoms with E-state index in [2.05, 4.69) is 4.98 Å². The average Bonchev–Trinajstić information content (AvgIpc) is 2.56. The predicted molar refractivity (Wildman–Crippen MR) is 49.0 cm³/mol. The van der Waals surface area contributed by atoms with Gasteiger partial charge in [0.2, 0.25) is 0 Å². The summed E-state index contributed by atoms with van der Waals surface area (Å²) in [7, 11) is 0. The van der Waals surface area contributed by atoms with Crippen LogP contribution in [0.25, 0.3) is 5.52 Å². The van der Waals surface area contributed by atoms with E-state index in [1.54, 1.807) is 0 Å². The maximum absolute atomic E-state index is 9.03. The highest BCUT2D eigenvalue weighted by atomic mass is 16.3. The molecule has 0 atom stereocenters. The Balaban J connectivity index is 2.74. The highest BCUT2D eigenvalue weighted by Gasteiger charge is 2.06. The standard InChI is InChI=1S/C9H11N3O/c10-5-9-11-7(6-13)8-3-1-2-4-12(8)9/h1-4,13H,5-6,10H2. The Labute approximate surface area is 75.6 Å². The van der Waals surface area contributed by atoms with E-state index in [9.17, 15) is 0 Å². The second-order valence-electron chi connectivity index (χ2n) is 2.79. The lowest BCUT2D eigenvalue weighted by Gasteiger charge is -1.95. The van der Waals surface area contributed by atoms with Crippen molar-refractivity contribution >= 4 is 5.52 Å². The quantitative estimate of drug-likeness (QED) is 0.692. The minimum absolute atomic E-state index is 0.0481. The van der Waals surface area contributed by atoms with E-state index in [1.807, 2.05) is 28.8 Å². The first-order valence-electron chi connectivity index (χ1n) is 4.12. The minimum Gasteiger partial charge on any atom is -0.390 e. The molecule has 0 bridgehead atoms. The lowest BCUT2D eigenvalue weighted by Crippen LogP contribution is -2.01. The number of aliphatic hydroxyl groups is 1. The van der Waals surface area contributed by atoms with Crippen molar-refractivity contribution in [3.05, 3.63) is 35.9 Å². The molecule has 2 aromatic heterocycles. The molecule has 4 nitrogen and oxygen atoms in total. The number of fused-ring (bicyclic) bond motifs is 1. The van der Waals surface area contributed by atoms with Gasteiger partial charge >= 0.3 is 0 Å². The van der Waals surface area contributed by atoms with E-state index in [-0.39, 0.29) is 6.61 Å². The zero-order valence-electron chi connectivity index (χ0n) is 7.14. The first-order valence-corrected chi connectivity index (χ1v) is 4.12. The molecule has 68 valence electrons. The smallest absolute Gasteiger partial charge is 0.127 e. The Morgan fingerprint density at radius 3 is 3.00 bits per heavy atom. The third kappa shape index (κ3) is 1.20. The maximum Gasteiger partial charge on any atom is 0.127 e. The van der Waals surface area contributed by atoms with Crippen molar-refractivity contribution in [1.82, 2.24) is 9.38 Å². The minimum atomic E-state index is -0.0481. The first kappa shape index (κ1) is 8.22. The number of nitrogens with two attached hydrogens (primary N) is 1. The van der Waals surface area contributed by atoms with E-state index in [0.29, 0.717) is 12.2 Å². The number of hydrogen-bond donors (Lipinski definition) is 2. The highest BCUT2D eigenvalue weighted by molar-refractivity contribution is 5.52. The van der Waals surface area contributed by atoms with Crippen molar-refractivity contribution < 1.29 is 5.11 Å². The second kappa shape index (κ2) is 3.16. The molecule has 2 heterocycles. The summed E-state index contributed by atoms with van der Waals surface area (Å²) < 4.78 is 1.89. The molecule has 2 aromatic rings. The van der Waals surface area contributed by atoms with E-state index in [4.69, 9.17) is 10.8 Å². The van der Waals surface area contributed by atoms with Gasteiger partial charge in [0.15, 0.2) is 0 Å². The van der Waals surface area contributed by atoms with Crippen LogP contribution in [-0.4, -0.2) is 14.5 Å². The van der Waals surface area contributed by atoms with Crippen LogP contribution in [0.15, 0.2) is 24.4 Å². The highest BCUT2D eigenvalue weighted by Crippen LogP contribution is 2.12. The maximum atomic E-state index is 9.03. The molecule has 0 aliphatic carbocycles. The van der Waals surface area contributed by atoms with Gasteiger partial charge < -0.3 is 15.2 Å². The van der Waals surface area contributed by atoms with Crippen molar-refractivity contribution in [1.29, 1.82) is 0 Å². The van der Waals surface area contributed by atoms with Crippen molar-refractivity contribution in [2.45, 2.75) is 13.2 Å². The molecule has 0 aromatic carbocycles. The van der Waals surface area contributed by atoms with Crippen LogP contribution in [0.1, 0.15) is 11.5 Å². The number of imidazole rings is 1. The topological polar surface area (TPSA) is 63.5 Å². The van der Waals surface area contributed by atoms with Crippen LogP contribution >= 0.6 is 0 Å². The Kier molecular flexibility index (Phi) is 2.00. The van der Waals surface area contributed by atoms with Gasteiger partial charge in [-0.1, -0.05) is 6.07 Å². The SMILES string of the molecule is NCc1nc(CO)c2ccccn12. The van der Waals surface area contributed by atoms with Gasteiger partial charge in [-0.05, 0) is 12.1 Å². The summed E-state index contributed by atoms with van der Waals surface area (Å²) in [6.45, 7) is 0.332. The number of aromatic nitrogens is 2. The molecule has 0 spiro atoms. The summed E-state index contributed by atoms with van der Waals surface area (Å²) in [5, 5.41) is 9.03. The van der Waals surface area contributed by atoms with Crippen LogP contribution < -0.4 is 5.73 Å². The van der Waals surface area contributed by atoms with E-state index in [1.165, 1.54) is 0 Å². The van der Waals surface area contributed by atoms with E-state index < -0.39 is 0 Å². The van der Waals surface area contributed by atoms with Gasteiger partial charge in [0.25, 0.3) is 0 Å². The number of hydrogen-bond acceptors (Lipinski definition) is 3. The average molecular weight is 177 g/mol. The van der Waals surface area contributed by atoms with Gasteiger partial charge in [0.05, 0.1) is 24.4 Å². The van der Waals surface area contributed by atoms with Crippen molar-refractivity contribution in [2.24, 2.45) is 5.73 Å². The normalized spacial score (nSPS) is 10.9. The second-order valence-corrected chi connectivity index (χ2v) is 2.79. The fraction of sp³-hybridized carbons (Fsp3) is 0.222. The zero-order valence-corrected chi connectivity index (χ0v) is 7.14. The lowest BCUT2D eigenvalue weighted by atomic mass is 10.3. The Morgan fingerprint density at radius 2 is 2.31 bits per heavy atom. The fourth-order valence-corrected chi connectivity index (χ4v) is 1.43. The summed E-state index contributed by atoms with van der Waals surface area (Å²) in [5.74, 6) is 0.777. The fourth-order valence-electron chi connectivity index (χ4n) is 1.43. The van der Waals surface area contributed by atoms with Crippen LogP contribution in [0.3, 0.4) is 0 Å². The van der Waals surface area contributed by atoms with Crippen molar-refractivity contribution in [3.8, 4) is 0 Å². The molecule has 0 amide bonds. The molecule has 13 heavy (non-hydrogen) atoms. The molecule has 0 saturated carbocycles.